The highest BCUT2D eigenvalue weighted by atomic mass is 127. The van der Waals surface area contributed by atoms with E-state index in [2.05, 4.69) is 60.0 Å². The van der Waals surface area contributed by atoms with Gasteiger partial charge in [-0.25, -0.2) is 0 Å². The van der Waals surface area contributed by atoms with Crippen molar-refractivity contribution in [2.75, 3.05) is 20.7 Å². The summed E-state index contributed by atoms with van der Waals surface area (Å²) in [4.78, 5) is 0. The summed E-state index contributed by atoms with van der Waals surface area (Å²) in [5, 5.41) is 3.20. The zero-order chi connectivity index (χ0) is 12.2. The minimum absolute atomic E-state index is 0.134. The van der Waals surface area contributed by atoms with Crippen molar-refractivity contribution in [1.82, 2.24) is 5.32 Å². The normalized spacial score (nSPS) is 11.6. The number of ether oxygens (including phenoxy) is 1. The van der Waals surface area contributed by atoms with Crippen molar-refractivity contribution in [2.24, 2.45) is 0 Å². The van der Waals surface area contributed by atoms with Gasteiger partial charge >= 0.3 is 0 Å². The molecule has 0 aliphatic carbocycles. The Hall–Kier alpha value is -0.290. The van der Waals surface area contributed by atoms with E-state index in [4.69, 9.17) is 4.74 Å². The zero-order valence-corrected chi connectivity index (χ0v) is 12.6. The van der Waals surface area contributed by atoms with Crippen molar-refractivity contribution in [2.45, 2.75) is 25.7 Å². The van der Waals surface area contributed by atoms with E-state index in [0.29, 0.717) is 0 Å². The van der Waals surface area contributed by atoms with Crippen molar-refractivity contribution in [3.05, 3.63) is 27.3 Å². The van der Waals surface area contributed by atoms with Gasteiger partial charge in [0.15, 0.2) is 0 Å². The van der Waals surface area contributed by atoms with Gasteiger partial charge in [-0.05, 0) is 66.2 Å². The molecule has 0 amide bonds. The zero-order valence-electron chi connectivity index (χ0n) is 10.4. The van der Waals surface area contributed by atoms with E-state index in [1.807, 2.05) is 7.05 Å². The van der Waals surface area contributed by atoms with Crippen LogP contribution in [-0.4, -0.2) is 20.7 Å². The second kappa shape index (κ2) is 5.87. The third-order valence-corrected chi connectivity index (χ3v) is 3.56. The Bertz CT molecular complexity index is 350. The maximum atomic E-state index is 5.44. The molecule has 0 bridgehead atoms. The van der Waals surface area contributed by atoms with Crippen LogP contribution in [0.25, 0.3) is 0 Å². The summed E-state index contributed by atoms with van der Waals surface area (Å²) in [6.07, 6.45) is 1.10. The minimum atomic E-state index is 0.134. The van der Waals surface area contributed by atoms with Gasteiger partial charge in [0.2, 0.25) is 0 Å². The van der Waals surface area contributed by atoms with Crippen LogP contribution >= 0.6 is 22.6 Å². The highest BCUT2D eigenvalue weighted by molar-refractivity contribution is 14.1. The van der Waals surface area contributed by atoms with Gasteiger partial charge in [0.05, 0.1) is 7.11 Å². The number of nitrogens with one attached hydrogen (secondary N) is 1. The first-order chi connectivity index (χ1) is 7.51. The van der Waals surface area contributed by atoms with Crippen LogP contribution in [0.2, 0.25) is 0 Å². The lowest BCUT2D eigenvalue weighted by Gasteiger charge is -2.27. The monoisotopic (exact) mass is 333 g/mol. The Balaban J connectivity index is 3.04. The van der Waals surface area contributed by atoms with Gasteiger partial charge in [0.1, 0.15) is 5.75 Å². The van der Waals surface area contributed by atoms with Crippen LogP contribution in [0.3, 0.4) is 0 Å². The fraction of sp³-hybridized carbons (Fsp3) is 0.538. The smallest absolute Gasteiger partial charge is 0.122 e. The van der Waals surface area contributed by atoms with Crippen LogP contribution in [0, 0.1) is 3.57 Å². The third-order valence-electron chi connectivity index (χ3n) is 2.89. The van der Waals surface area contributed by atoms with E-state index in [9.17, 15) is 0 Å². The van der Waals surface area contributed by atoms with Crippen LogP contribution in [-0.2, 0) is 5.41 Å². The molecule has 0 saturated heterocycles. The second-order valence-electron chi connectivity index (χ2n) is 4.58. The first-order valence-corrected chi connectivity index (χ1v) is 6.58. The molecule has 0 saturated carbocycles. The Kier molecular flexibility index (Phi) is 5.05. The summed E-state index contributed by atoms with van der Waals surface area (Å²) in [5.74, 6) is 0.988. The van der Waals surface area contributed by atoms with Crippen LogP contribution in [0.15, 0.2) is 18.2 Å². The van der Waals surface area contributed by atoms with Crippen LogP contribution in [0.4, 0.5) is 0 Å². The van der Waals surface area contributed by atoms with Crippen molar-refractivity contribution < 1.29 is 4.74 Å². The quantitative estimate of drug-likeness (QED) is 0.836. The number of halogens is 1. The third kappa shape index (κ3) is 3.35. The van der Waals surface area contributed by atoms with Crippen molar-refractivity contribution in [3.63, 3.8) is 0 Å². The highest BCUT2D eigenvalue weighted by Gasteiger charge is 2.23. The molecule has 0 aliphatic heterocycles. The molecule has 0 aromatic heterocycles. The largest absolute Gasteiger partial charge is 0.496 e. The fourth-order valence-corrected chi connectivity index (χ4v) is 2.27. The predicted octanol–water partition coefficient (Wildman–Crippen LogP) is 3.19. The van der Waals surface area contributed by atoms with Gasteiger partial charge in [-0.15, -0.1) is 0 Å². The Labute approximate surface area is 112 Å². The molecular formula is C13H20INO. The summed E-state index contributed by atoms with van der Waals surface area (Å²) in [7, 11) is 3.72. The van der Waals surface area contributed by atoms with E-state index in [-0.39, 0.29) is 5.41 Å². The molecular weight excluding hydrogens is 313 g/mol. The van der Waals surface area contributed by atoms with Gasteiger partial charge in [-0.2, -0.15) is 0 Å². The number of hydrogen-bond donors (Lipinski definition) is 1. The number of benzene rings is 1. The lowest BCUT2D eigenvalue weighted by atomic mass is 9.81. The molecule has 0 heterocycles. The SMILES string of the molecule is CNCCC(C)(C)c1cc(I)ccc1OC. The Morgan fingerprint density at radius 2 is 2.06 bits per heavy atom. The molecule has 90 valence electrons. The van der Waals surface area contributed by atoms with E-state index >= 15 is 0 Å². The predicted molar refractivity (Wildman–Crippen MR) is 77.3 cm³/mol. The van der Waals surface area contributed by atoms with Crippen LogP contribution in [0.1, 0.15) is 25.8 Å². The summed E-state index contributed by atoms with van der Waals surface area (Å²) in [6.45, 7) is 5.54. The lowest BCUT2D eigenvalue weighted by Crippen LogP contribution is -2.24. The molecule has 0 atom stereocenters. The molecule has 1 N–H and O–H groups in total. The molecule has 0 radical (unpaired) electrons. The number of methoxy groups -OCH3 is 1. The van der Waals surface area contributed by atoms with Gasteiger partial charge in [-0.1, -0.05) is 13.8 Å². The Morgan fingerprint density at radius 1 is 1.38 bits per heavy atom. The highest BCUT2D eigenvalue weighted by Crippen LogP contribution is 2.34. The molecule has 3 heteroatoms. The molecule has 16 heavy (non-hydrogen) atoms. The van der Waals surface area contributed by atoms with Crippen LogP contribution in [0.5, 0.6) is 5.75 Å². The molecule has 0 fully saturated rings. The number of hydrogen-bond acceptors (Lipinski definition) is 2. The molecule has 1 aromatic rings. The molecule has 2 nitrogen and oxygen atoms in total. The maximum Gasteiger partial charge on any atom is 0.122 e. The molecule has 0 unspecified atom stereocenters. The van der Waals surface area contributed by atoms with Gasteiger partial charge in [0.25, 0.3) is 0 Å². The van der Waals surface area contributed by atoms with Gasteiger partial charge in [-0.3, -0.25) is 0 Å². The summed E-state index contributed by atoms with van der Waals surface area (Å²) in [5.41, 5.74) is 1.42. The molecule has 1 rings (SSSR count). The molecule has 0 spiro atoms. The second-order valence-corrected chi connectivity index (χ2v) is 5.83. The summed E-state index contributed by atoms with van der Waals surface area (Å²) in [6, 6.07) is 6.35. The fourth-order valence-electron chi connectivity index (χ4n) is 1.78. The summed E-state index contributed by atoms with van der Waals surface area (Å²) >= 11 is 2.34. The minimum Gasteiger partial charge on any atom is -0.496 e. The van der Waals surface area contributed by atoms with Crippen LogP contribution < -0.4 is 10.1 Å². The van der Waals surface area contributed by atoms with E-state index in [1.165, 1.54) is 9.13 Å². The average Bonchev–Trinajstić information content (AvgIpc) is 2.26. The maximum absolute atomic E-state index is 5.44. The van der Waals surface area contributed by atoms with Gasteiger partial charge in [0, 0.05) is 9.13 Å². The van der Waals surface area contributed by atoms with E-state index < -0.39 is 0 Å². The Morgan fingerprint density at radius 3 is 2.62 bits per heavy atom. The van der Waals surface area contributed by atoms with E-state index in [0.717, 1.165) is 18.7 Å². The average molecular weight is 333 g/mol. The first kappa shape index (κ1) is 13.8. The summed E-state index contributed by atoms with van der Waals surface area (Å²) < 4.78 is 6.70. The van der Waals surface area contributed by atoms with Crippen molar-refractivity contribution in [3.8, 4) is 5.75 Å². The molecule has 1 aromatic carbocycles. The number of rotatable bonds is 5. The topological polar surface area (TPSA) is 21.3 Å². The van der Waals surface area contributed by atoms with E-state index in [1.54, 1.807) is 7.11 Å². The standard InChI is InChI=1S/C13H20INO/c1-13(2,7-8-15-3)11-9-10(14)5-6-12(11)16-4/h5-6,9,15H,7-8H2,1-4H3. The van der Waals surface area contributed by atoms with Gasteiger partial charge < -0.3 is 10.1 Å². The van der Waals surface area contributed by atoms with Crippen molar-refractivity contribution in [1.29, 1.82) is 0 Å². The van der Waals surface area contributed by atoms with Crippen molar-refractivity contribution >= 4 is 22.6 Å². The molecule has 0 aliphatic rings. The lowest BCUT2D eigenvalue weighted by molar-refractivity contribution is 0.384. The first-order valence-electron chi connectivity index (χ1n) is 5.50.